The van der Waals surface area contributed by atoms with E-state index < -0.39 is 0 Å². The first-order valence-electron chi connectivity index (χ1n) is 7.31. The Hall–Kier alpha value is -0.120. The topological polar surface area (TPSA) is 24.5 Å². The third-order valence-electron chi connectivity index (χ3n) is 4.61. The molecule has 1 unspecified atom stereocenters. The van der Waals surface area contributed by atoms with E-state index in [9.17, 15) is 0 Å². The number of hydrogen-bond donors (Lipinski definition) is 1. The molecule has 0 spiro atoms. The van der Waals surface area contributed by atoms with Crippen LogP contribution < -0.4 is 5.32 Å². The Labute approximate surface area is 106 Å². The van der Waals surface area contributed by atoms with Gasteiger partial charge in [-0.05, 0) is 52.1 Å². The van der Waals surface area contributed by atoms with Crippen LogP contribution in [0.2, 0.25) is 0 Å². The predicted octanol–water partition coefficient (Wildman–Crippen LogP) is 2.02. The van der Waals surface area contributed by atoms with Gasteiger partial charge in [0, 0.05) is 31.3 Å². The van der Waals surface area contributed by atoms with Crippen LogP contribution in [0.4, 0.5) is 0 Å². The van der Waals surface area contributed by atoms with Crippen molar-refractivity contribution in [2.75, 3.05) is 32.8 Å². The van der Waals surface area contributed by atoms with Gasteiger partial charge in [-0.15, -0.1) is 0 Å². The molecule has 0 amide bonds. The van der Waals surface area contributed by atoms with Gasteiger partial charge in [0.15, 0.2) is 0 Å². The lowest BCUT2D eigenvalue weighted by Gasteiger charge is -2.45. The van der Waals surface area contributed by atoms with Crippen molar-refractivity contribution >= 4 is 0 Å². The summed E-state index contributed by atoms with van der Waals surface area (Å²) in [6, 6.07) is 0.723. The van der Waals surface area contributed by atoms with Crippen molar-refractivity contribution in [1.82, 2.24) is 10.2 Å². The van der Waals surface area contributed by atoms with Crippen LogP contribution in [0.5, 0.6) is 0 Å². The van der Waals surface area contributed by atoms with Gasteiger partial charge in [-0.25, -0.2) is 0 Å². The van der Waals surface area contributed by atoms with Crippen molar-refractivity contribution in [2.45, 2.75) is 57.5 Å². The van der Waals surface area contributed by atoms with Crippen molar-refractivity contribution in [3.05, 3.63) is 0 Å². The number of rotatable bonds is 2. The van der Waals surface area contributed by atoms with Crippen molar-refractivity contribution in [3.63, 3.8) is 0 Å². The molecule has 2 saturated heterocycles. The van der Waals surface area contributed by atoms with Crippen molar-refractivity contribution < 1.29 is 4.74 Å². The summed E-state index contributed by atoms with van der Waals surface area (Å²) >= 11 is 0. The molecule has 17 heavy (non-hydrogen) atoms. The second kappa shape index (κ2) is 6.17. The van der Waals surface area contributed by atoms with Crippen LogP contribution >= 0.6 is 0 Å². The highest BCUT2D eigenvalue weighted by Crippen LogP contribution is 2.28. The van der Waals surface area contributed by atoms with Crippen molar-refractivity contribution in [2.24, 2.45) is 0 Å². The minimum absolute atomic E-state index is 0.397. The summed E-state index contributed by atoms with van der Waals surface area (Å²) in [5.74, 6) is 0. The van der Waals surface area contributed by atoms with E-state index in [1.54, 1.807) is 0 Å². The molecule has 1 atom stereocenters. The molecule has 3 nitrogen and oxygen atoms in total. The minimum Gasteiger partial charge on any atom is -0.381 e. The van der Waals surface area contributed by atoms with Gasteiger partial charge >= 0.3 is 0 Å². The molecule has 3 heteroatoms. The minimum atomic E-state index is 0.397. The number of ether oxygens (including phenoxy) is 1. The molecular formula is C14H28N2O. The molecule has 0 radical (unpaired) electrons. The molecule has 0 aliphatic carbocycles. The van der Waals surface area contributed by atoms with Gasteiger partial charge < -0.3 is 10.1 Å². The van der Waals surface area contributed by atoms with Crippen LogP contribution in [0.3, 0.4) is 0 Å². The summed E-state index contributed by atoms with van der Waals surface area (Å²) in [4.78, 5) is 2.74. The molecule has 0 saturated carbocycles. The van der Waals surface area contributed by atoms with Crippen LogP contribution in [0.25, 0.3) is 0 Å². The van der Waals surface area contributed by atoms with Gasteiger partial charge in [-0.1, -0.05) is 6.92 Å². The highest BCUT2D eigenvalue weighted by Gasteiger charge is 2.33. The van der Waals surface area contributed by atoms with E-state index in [4.69, 9.17) is 4.74 Å². The molecule has 0 aromatic heterocycles. The maximum atomic E-state index is 5.51. The van der Waals surface area contributed by atoms with E-state index in [2.05, 4.69) is 24.1 Å². The lowest BCUT2D eigenvalue weighted by atomic mass is 9.89. The molecule has 0 aromatic carbocycles. The van der Waals surface area contributed by atoms with Crippen molar-refractivity contribution in [3.8, 4) is 0 Å². The normalized spacial score (nSPS) is 31.8. The Bertz CT molecular complexity index is 226. The standard InChI is InChI=1S/C14H28N2O/c1-3-13-5-10-16(9-4-8-15-13)14(2)6-11-17-12-7-14/h13,15H,3-12H2,1-2H3. The van der Waals surface area contributed by atoms with Crippen molar-refractivity contribution in [1.29, 1.82) is 0 Å². The molecule has 2 rings (SSSR count). The zero-order valence-corrected chi connectivity index (χ0v) is 11.5. The van der Waals surface area contributed by atoms with Gasteiger partial charge in [0.05, 0.1) is 0 Å². The molecule has 2 aliphatic heterocycles. The van der Waals surface area contributed by atoms with E-state index in [1.807, 2.05) is 0 Å². The zero-order valence-electron chi connectivity index (χ0n) is 11.5. The summed E-state index contributed by atoms with van der Waals surface area (Å²) < 4.78 is 5.51. The molecule has 0 bridgehead atoms. The van der Waals surface area contributed by atoms with Crippen LogP contribution in [-0.4, -0.2) is 49.3 Å². The Morgan fingerprint density at radius 1 is 1.29 bits per heavy atom. The summed E-state index contributed by atoms with van der Waals surface area (Å²) in [5.41, 5.74) is 0.397. The largest absolute Gasteiger partial charge is 0.381 e. The smallest absolute Gasteiger partial charge is 0.0483 e. The summed E-state index contributed by atoms with van der Waals surface area (Å²) in [5, 5.41) is 3.66. The maximum Gasteiger partial charge on any atom is 0.0483 e. The lowest BCUT2D eigenvalue weighted by molar-refractivity contribution is -0.0228. The average molecular weight is 240 g/mol. The summed E-state index contributed by atoms with van der Waals surface area (Å²) in [7, 11) is 0. The van der Waals surface area contributed by atoms with E-state index in [-0.39, 0.29) is 0 Å². The first-order valence-corrected chi connectivity index (χ1v) is 7.31. The third kappa shape index (κ3) is 3.43. The molecule has 2 heterocycles. The van der Waals surface area contributed by atoms with Gasteiger partial charge in [-0.2, -0.15) is 0 Å². The Kier molecular flexibility index (Phi) is 4.83. The fourth-order valence-electron chi connectivity index (χ4n) is 3.12. The highest BCUT2D eigenvalue weighted by atomic mass is 16.5. The van der Waals surface area contributed by atoms with Gasteiger partial charge in [-0.3, -0.25) is 4.90 Å². The molecule has 100 valence electrons. The number of nitrogens with one attached hydrogen (secondary N) is 1. The van der Waals surface area contributed by atoms with Gasteiger partial charge in [0.25, 0.3) is 0 Å². The van der Waals surface area contributed by atoms with Crippen LogP contribution in [0.15, 0.2) is 0 Å². The van der Waals surface area contributed by atoms with E-state index >= 15 is 0 Å². The van der Waals surface area contributed by atoms with Gasteiger partial charge in [0.1, 0.15) is 0 Å². The predicted molar refractivity (Wildman–Crippen MR) is 71.3 cm³/mol. The maximum absolute atomic E-state index is 5.51. The highest BCUT2D eigenvalue weighted by molar-refractivity contribution is 4.89. The Morgan fingerprint density at radius 3 is 2.76 bits per heavy atom. The molecule has 1 N–H and O–H groups in total. The van der Waals surface area contributed by atoms with Gasteiger partial charge in [0.2, 0.25) is 0 Å². The Morgan fingerprint density at radius 2 is 2.06 bits per heavy atom. The fraction of sp³-hybridized carbons (Fsp3) is 1.00. The molecule has 2 fully saturated rings. The molecule has 2 aliphatic rings. The zero-order chi connectivity index (χ0) is 12.1. The van der Waals surface area contributed by atoms with E-state index in [1.165, 1.54) is 51.7 Å². The Balaban J connectivity index is 1.93. The molecular weight excluding hydrogens is 212 g/mol. The second-order valence-electron chi connectivity index (χ2n) is 5.80. The summed E-state index contributed by atoms with van der Waals surface area (Å²) in [6.45, 7) is 10.3. The fourth-order valence-corrected chi connectivity index (χ4v) is 3.12. The number of hydrogen-bond acceptors (Lipinski definition) is 3. The van der Waals surface area contributed by atoms with Crippen LogP contribution in [0, 0.1) is 0 Å². The summed E-state index contributed by atoms with van der Waals surface area (Å²) in [6.07, 6.45) is 6.25. The number of nitrogens with zero attached hydrogens (tertiary/aromatic N) is 1. The van der Waals surface area contributed by atoms with Crippen LogP contribution in [0.1, 0.15) is 46.0 Å². The monoisotopic (exact) mass is 240 g/mol. The lowest BCUT2D eigenvalue weighted by Crippen LogP contribution is -2.53. The first kappa shape index (κ1) is 13.3. The second-order valence-corrected chi connectivity index (χ2v) is 5.80. The third-order valence-corrected chi connectivity index (χ3v) is 4.61. The van der Waals surface area contributed by atoms with Crippen LogP contribution in [-0.2, 0) is 4.74 Å². The first-order chi connectivity index (χ1) is 8.24. The quantitative estimate of drug-likeness (QED) is 0.799. The van der Waals surface area contributed by atoms with E-state index in [0.717, 1.165) is 19.3 Å². The molecule has 0 aromatic rings. The average Bonchev–Trinajstić information content (AvgIpc) is 2.29. The SMILES string of the molecule is CCC1CCN(C2(C)CCOCC2)CCCN1. The van der Waals surface area contributed by atoms with E-state index in [0.29, 0.717) is 5.54 Å².